The molecule has 59 valence electrons. The van der Waals surface area contributed by atoms with Gasteiger partial charge in [0.2, 0.25) is 0 Å². The van der Waals surface area contributed by atoms with Crippen LogP contribution in [0.4, 0.5) is 0 Å². The van der Waals surface area contributed by atoms with Crippen LogP contribution in [0.3, 0.4) is 0 Å². The van der Waals surface area contributed by atoms with Crippen LogP contribution < -0.4 is 0 Å². The van der Waals surface area contributed by atoms with E-state index in [4.69, 9.17) is 5.73 Å². The SMILES string of the molecule is CCCC([NH-])=O.C[CH-]C.[Y]. The Morgan fingerprint density at radius 3 is 1.80 bits per heavy atom. The molecule has 0 aliphatic rings. The van der Waals surface area contributed by atoms with E-state index in [0.29, 0.717) is 6.42 Å². The molecule has 0 saturated carbocycles. The Balaban J connectivity index is -0.000000107. The molecule has 1 N–H and O–H groups in total. The van der Waals surface area contributed by atoms with Crippen LogP contribution in [0.2, 0.25) is 0 Å². The van der Waals surface area contributed by atoms with E-state index in [1.165, 1.54) is 0 Å². The Morgan fingerprint density at radius 1 is 1.50 bits per heavy atom. The van der Waals surface area contributed by atoms with E-state index in [-0.39, 0.29) is 32.7 Å². The maximum Gasteiger partial charge on any atom is 0.0487 e. The number of nitrogens with one attached hydrogen (secondary N) is 1. The molecule has 0 aromatic rings. The fraction of sp³-hybridized carbons (Fsp3) is 0.714. The third-order valence-electron chi connectivity index (χ3n) is 0.477. The van der Waals surface area contributed by atoms with Crippen molar-refractivity contribution in [1.82, 2.24) is 0 Å². The van der Waals surface area contributed by atoms with Crippen molar-refractivity contribution < 1.29 is 37.5 Å². The summed E-state index contributed by atoms with van der Waals surface area (Å²) in [4.78, 5) is 9.71. The van der Waals surface area contributed by atoms with Gasteiger partial charge in [-0.25, -0.2) is 0 Å². The maximum absolute atomic E-state index is 9.71. The number of hydrogen-bond acceptors (Lipinski definition) is 1. The zero-order valence-corrected chi connectivity index (χ0v) is 9.82. The molecule has 0 aromatic carbocycles. The molecule has 0 aliphatic carbocycles. The van der Waals surface area contributed by atoms with Crippen LogP contribution in [0.25, 0.3) is 5.73 Å². The van der Waals surface area contributed by atoms with Crippen molar-refractivity contribution >= 4 is 5.91 Å². The first-order valence-electron chi connectivity index (χ1n) is 3.17. The fourth-order valence-electron chi connectivity index (χ4n) is 0.227. The predicted octanol–water partition coefficient (Wildman–Crippen LogP) is 2.59. The summed E-state index contributed by atoms with van der Waals surface area (Å²) < 4.78 is 0. The van der Waals surface area contributed by atoms with E-state index in [1.807, 2.05) is 27.2 Å². The molecule has 3 heteroatoms. The topological polar surface area (TPSA) is 40.9 Å². The van der Waals surface area contributed by atoms with Crippen LogP contribution in [0.5, 0.6) is 0 Å². The number of carbonyl (C=O) groups is 1. The summed E-state index contributed by atoms with van der Waals surface area (Å²) >= 11 is 0. The second-order valence-electron chi connectivity index (χ2n) is 1.75. The number of hydrogen-bond donors (Lipinski definition) is 0. The molecule has 0 unspecified atom stereocenters. The maximum atomic E-state index is 9.71. The van der Waals surface area contributed by atoms with Crippen molar-refractivity contribution in [3.63, 3.8) is 0 Å². The first-order chi connectivity index (χ1) is 4.18. The molecule has 1 amide bonds. The molecule has 0 saturated heterocycles. The molecule has 0 rings (SSSR count). The summed E-state index contributed by atoms with van der Waals surface area (Å²) in [6.45, 7) is 5.88. The minimum Gasteiger partial charge on any atom is -0.668 e. The van der Waals surface area contributed by atoms with Crippen molar-refractivity contribution in [2.24, 2.45) is 0 Å². The normalized spacial score (nSPS) is 6.70. The van der Waals surface area contributed by atoms with E-state index >= 15 is 0 Å². The van der Waals surface area contributed by atoms with Crippen LogP contribution >= 0.6 is 0 Å². The molecule has 0 heterocycles. The van der Waals surface area contributed by atoms with Gasteiger partial charge < -0.3 is 16.9 Å². The van der Waals surface area contributed by atoms with Gasteiger partial charge in [0.1, 0.15) is 0 Å². The predicted molar refractivity (Wildman–Crippen MR) is 39.9 cm³/mol. The van der Waals surface area contributed by atoms with Crippen molar-refractivity contribution in [2.75, 3.05) is 0 Å². The van der Waals surface area contributed by atoms with Gasteiger partial charge in [0.15, 0.2) is 0 Å². The van der Waals surface area contributed by atoms with E-state index in [9.17, 15) is 4.79 Å². The summed E-state index contributed by atoms with van der Waals surface area (Å²) in [5, 5.41) is 0. The van der Waals surface area contributed by atoms with Crippen molar-refractivity contribution in [3.05, 3.63) is 12.2 Å². The van der Waals surface area contributed by atoms with Crippen molar-refractivity contribution in [2.45, 2.75) is 33.6 Å². The molecule has 10 heavy (non-hydrogen) atoms. The van der Waals surface area contributed by atoms with E-state index < -0.39 is 5.91 Å². The first kappa shape index (κ1) is 16.9. The smallest absolute Gasteiger partial charge is 0.0487 e. The third kappa shape index (κ3) is 38.5. The monoisotopic (exact) mass is 218 g/mol. The van der Waals surface area contributed by atoms with Crippen LogP contribution in [0.1, 0.15) is 33.6 Å². The zero-order valence-electron chi connectivity index (χ0n) is 6.98. The molecule has 0 fully saturated rings. The van der Waals surface area contributed by atoms with Gasteiger partial charge in [0.25, 0.3) is 0 Å². The van der Waals surface area contributed by atoms with Crippen LogP contribution in [0, 0.1) is 6.42 Å². The minimum absolute atomic E-state index is 0. The second-order valence-corrected chi connectivity index (χ2v) is 1.75. The summed E-state index contributed by atoms with van der Waals surface area (Å²) in [6, 6.07) is 0. The van der Waals surface area contributed by atoms with Crippen LogP contribution in [0.15, 0.2) is 0 Å². The van der Waals surface area contributed by atoms with Crippen LogP contribution in [-0.4, -0.2) is 5.91 Å². The third-order valence-corrected chi connectivity index (χ3v) is 0.477. The molecule has 0 atom stereocenters. The fourth-order valence-corrected chi connectivity index (χ4v) is 0.227. The van der Waals surface area contributed by atoms with Gasteiger partial charge in [0, 0.05) is 38.6 Å². The molecule has 0 aromatic heterocycles. The zero-order chi connectivity index (χ0) is 7.70. The summed E-state index contributed by atoms with van der Waals surface area (Å²) in [6.07, 6.45) is 3.20. The molecule has 2 nitrogen and oxygen atoms in total. The van der Waals surface area contributed by atoms with Gasteiger partial charge in [-0.05, 0) is 6.42 Å². The van der Waals surface area contributed by atoms with Gasteiger partial charge in [-0.2, -0.15) is 13.8 Å². The van der Waals surface area contributed by atoms with Gasteiger partial charge in [0.05, 0.1) is 0 Å². The Hall–Kier alpha value is 0.574. The standard InChI is InChI=1S/C4H9NO.C3H7.Y/c1-2-3-4(5)6;1-3-2;/h2-3H2,1H3,(H2,5,6);3H,1-2H3;/q;-1;/p-1. The first-order valence-corrected chi connectivity index (χ1v) is 3.17. The van der Waals surface area contributed by atoms with E-state index in [2.05, 4.69) is 0 Å². The summed E-state index contributed by atoms with van der Waals surface area (Å²) in [7, 11) is 0. The number of amides is 1. The average molecular weight is 218 g/mol. The van der Waals surface area contributed by atoms with Crippen LogP contribution in [-0.2, 0) is 37.5 Å². The molecular formula is C7H15NOY-2. The Labute approximate surface area is 88.8 Å². The van der Waals surface area contributed by atoms with E-state index in [0.717, 1.165) is 6.42 Å². The largest absolute Gasteiger partial charge is 0.668 e. The van der Waals surface area contributed by atoms with Gasteiger partial charge >= 0.3 is 0 Å². The van der Waals surface area contributed by atoms with Gasteiger partial charge in [-0.3, -0.25) is 0 Å². The molecular weight excluding hydrogens is 203 g/mol. The van der Waals surface area contributed by atoms with Crippen molar-refractivity contribution in [3.8, 4) is 0 Å². The van der Waals surface area contributed by atoms with Gasteiger partial charge in [-0.15, -0.1) is 0 Å². The average Bonchev–Trinajstić information content (AvgIpc) is 1.67. The second kappa shape index (κ2) is 16.3. The summed E-state index contributed by atoms with van der Waals surface area (Å²) in [5.41, 5.74) is 6.34. The number of carbonyl (C=O) groups excluding carboxylic acids is 1. The summed E-state index contributed by atoms with van der Waals surface area (Å²) in [5.74, 6) is -0.461. The quantitative estimate of drug-likeness (QED) is 0.656. The minimum atomic E-state index is -0.461. The number of rotatable bonds is 2. The molecule has 0 aliphatic heterocycles. The molecule has 0 bridgehead atoms. The molecule has 1 radical (unpaired) electrons. The Bertz CT molecular complexity index is 66.6. The van der Waals surface area contributed by atoms with Crippen molar-refractivity contribution in [1.29, 1.82) is 0 Å². The van der Waals surface area contributed by atoms with E-state index in [1.54, 1.807) is 0 Å². The van der Waals surface area contributed by atoms with Gasteiger partial charge in [-0.1, -0.05) is 13.3 Å². The Morgan fingerprint density at radius 2 is 1.80 bits per heavy atom. The Kier molecular flexibility index (Phi) is 27.5. The molecule has 0 spiro atoms.